The standard InChI is InChI=1S/C16H26ClN/c1-5-12-18-15(10-11-16(2,3)4)13-6-8-14(17)9-7-13/h6-9,15,18H,5,10-12H2,1-4H3. The predicted molar refractivity (Wildman–Crippen MR) is 81.2 cm³/mol. The summed E-state index contributed by atoms with van der Waals surface area (Å²) in [6, 6.07) is 8.68. The van der Waals surface area contributed by atoms with E-state index in [2.05, 4.69) is 45.1 Å². The van der Waals surface area contributed by atoms with E-state index in [-0.39, 0.29) is 0 Å². The van der Waals surface area contributed by atoms with Crippen LogP contribution in [0.1, 0.15) is 58.6 Å². The molecule has 0 heterocycles. The van der Waals surface area contributed by atoms with Crippen molar-refractivity contribution < 1.29 is 0 Å². The van der Waals surface area contributed by atoms with E-state index in [1.54, 1.807) is 0 Å². The maximum atomic E-state index is 5.95. The molecule has 1 N–H and O–H groups in total. The van der Waals surface area contributed by atoms with Crippen molar-refractivity contribution in [1.82, 2.24) is 5.32 Å². The minimum atomic E-state index is 0.387. The van der Waals surface area contributed by atoms with E-state index in [0.717, 1.165) is 11.6 Å². The molecule has 0 aliphatic heterocycles. The van der Waals surface area contributed by atoms with Crippen LogP contribution in [0.2, 0.25) is 5.02 Å². The number of rotatable bonds is 6. The van der Waals surface area contributed by atoms with Gasteiger partial charge in [-0.15, -0.1) is 0 Å². The third-order valence-corrected chi connectivity index (χ3v) is 3.35. The van der Waals surface area contributed by atoms with Crippen LogP contribution in [0, 0.1) is 5.41 Å². The molecule has 1 unspecified atom stereocenters. The van der Waals surface area contributed by atoms with Crippen LogP contribution in [-0.2, 0) is 0 Å². The lowest BCUT2D eigenvalue weighted by molar-refractivity contribution is 0.332. The highest BCUT2D eigenvalue weighted by Gasteiger charge is 2.16. The van der Waals surface area contributed by atoms with Crippen LogP contribution in [0.4, 0.5) is 0 Å². The molecule has 0 spiro atoms. The highest BCUT2D eigenvalue weighted by atomic mass is 35.5. The lowest BCUT2D eigenvalue weighted by Gasteiger charge is -2.24. The molecule has 18 heavy (non-hydrogen) atoms. The predicted octanol–water partition coefficient (Wildman–Crippen LogP) is 5.21. The molecule has 0 radical (unpaired) electrons. The van der Waals surface area contributed by atoms with Crippen molar-refractivity contribution in [2.45, 2.75) is 53.0 Å². The summed E-state index contributed by atoms with van der Waals surface area (Å²) < 4.78 is 0. The summed E-state index contributed by atoms with van der Waals surface area (Å²) in [5.74, 6) is 0. The van der Waals surface area contributed by atoms with Gasteiger partial charge in [0, 0.05) is 11.1 Å². The largest absolute Gasteiger partial charge is 0.310 e. The van der Waals surface area contributed by atoms with Gasteiger partial charge in [0.25, 0.3) is 0 Å². The van der Waals surface area contributed by atoms with Gasteiger partial charge >= 0.3 is 0 Å². The molecule has 0 saturated carbocycles. The summed E-state index contributed by atoms with van der Waals surface area (Å²) in [6.07, 6.45) is 3.56. The Balaban J connectivity index is 2.68. The van der Waals surface area contributed by atoms with E-state index in [9.17, 15) is 0 Å². The van der Waals surface area contributed by atoms with Crippen molar-refractivity contribution in [3.63, 3.8) is 0 Å². The van der Waals surface area contributed by atoms with Gasteiger partial charge in [0.1, 0.15) is 0 Å². The average molecular weight is 268 g/mol. The van der Waals surface area contributed by atoms with E-state index < -0.39 is 0 Å². The molecule has 1 aromatic rings. The Morgan fingerprint density at radius 1 is 1.17 bits per heavy atom. The number of halogens is 1. The van der Waals surface area contributed by atoms with E-state index in [1.807, 2.05) is 12.1 Å². The molecular formula is C16H26ClN. The molecule has 0 aromatic heterocycles. The zero-order chi connectivity index (χ0) is 13.6. The van der Waals surface area contributed by atoms with Crippen molar-refractivity contribution >= 4 is 11.6 Å². The number of nitrogens with one attached hydrogen (secondary N) is 1. The zero-order valence-corrected chi connectivity index (χ0v) is 12.8. The summed E-state index contributed by atoms with van der Waals surface area (Å²) in [5, 5.41) is 4.44. The Morgan fingerprint density at radius 3 is 2.28 bits per heavy atom. The number of hydrogen-bond acceptors (Lipinski definition) is 1. The first-order valence-corrected chi connectivity index (χ1v) is 7.29. The first kappa shape index (κ1) is 15.5. The minimum absolute atomic E-state index is 0.387. The zero-order valence-electron chi connectivity index (χ0n) is 12.1. The average Bonchev–Trinajstić information content (AvgIpc) is 2.29. The van der Waals surface area contributed by atoms with Gasteiger partial charge in [-0.2, -0.15) is 0 Å². The third kappa shape index (κ3) is 5.88. The SMILES string of the molecule is CCCNC(CCC(C)(C)C)c1ccc(Cl)cc1. The van der Waals surface area contributed by atoms with Gasteiger partial charge in [-0.1, -0.05) is 51.4 Å². The second-order valence-electron chi connectivity index (χ2n) is 6.16. The lowest BCUT2D eigenvalue weighted by Crippen LogP contribution is -2.23. The Bertz CT molecular complexity index is 337. The van der Waals surface area contributed by atoms with Gasteiger partial charge in [0.05, 0.1) is 0 Å². The van der Waals surface area contributed by atoms with Crippen LogP contribution in [0.25, 0.3) is 0 Å². The maximum Gasteiger partial charge on any atom is 0.0406 e. The normalized spacial score (nSPS) is 13.6. The third-order valence-electron chi connectivity index (χ3n) is 3.10. The number of benzene rings is 1. The maximum absolute atomic E-state index is 5.95. The second kappa shape index (κ2) is 7.16. The summed E-state index contributed by atoms with van der Waals surface area (Å²) in [7, 11) is 0. The van der Waals surface area contributed by atoms with Crippen LogP contribution in [0.5, 0.6) is 0 Å². The first-order valence-electron chi connectivity index (χ1n) is 6.91. The molecule has 102 valence electrons. The molecule has 0 aliphatic rings. The van der Waals surface area contributed by atoms with Crippen molar-refractivity contribution in [2.24, 2.45) is 5.41 Å². The quantitative estimate of drug-likeness (QED) is 0.746. The summed E-state index contributed by atoms with van der Waals surface area (Å²) in [5.41, 5.74) is 1.73. The fourth-order valence-corrected chi connectivity index (χ4v) is 2.10. The van der Waals surface area contributed by atoms with Crippen LogP contribution in [-0.4, -0.2) is 6.54 Å². The fourth-order valence-electron chi connectivity index (χ4n) is 1.98. The van der Waals surface area contributed by atoms with Crippen molar-refractivity contribution in [3.8, 4) is 0 Å². The molecule has 0 saturated heterocycles. The van der Waals surface area contributed by atoms with Gasteiger partial charge in [0.2, 0.25) is 0 Å². The van der Waals surface area contributed by atoms with Crippen LogP contribution in [0.3, 0.4) is 0 Å². The molecule has 1 rings (SSSR count). The second-order valence-corrected chi connectivity index (χ2v) is 6.59. The first-order chi connectivity index (χ1) is 8.42. The molecule has 2 heteroatoms. The Hall–Kier alpha value is -0.530. The Morgan fingerprint density at radius 2 is 1.78 bits per heavy atom. The fraction of sp³-hybridized carbons (Fsp3) is 0.625. The topological polar surface area (TPSA) is 12.0 Å². The Kier molecular flexibility index (Phi) is 6.17. The molecule has 1 aromatic carbocycles. The van der Waals surface area contributed by atoms with Gasteiger partial charge < -0.3 is 5.32 Å². The van der Waals surface area contributed by atoms with Gasteiger partial charge in [0.15, 0.2) is 0 Å². The van der Waals surface area contributed by atoms with Gasteiger partial charge in [-0.05, 0) is 48.9 Å². The van der Waals surface area contributed by atoms with E-state index >= 15 is 0 Å². The van der Waals surface area contributed by atoms with E-state index in [4.69, 9.17) is 11.6 Å². The molecule has 0 bridgehead atoms. The summed E-state index contributed by atoms with van der Waals surface area (Å²) in [4.78, 5) is 0. The van der Waals surface area contributed by atoms with Crippen LogP contribution in [0.15, 0.2) is 24.3 Å². The molecule has 0 aliphatic carbocycles. The molecular weight excluding hydrogens is 242 g/mol. The monoisotopic (exact) mass is 267 g/mol. The summed E-state index contributed by atoms with van der Waals surface area (Å²) in [6.45, 7) is 10.2. The van der Waals surface area contributed by atoms with Crippen molar-refractivity contribution in [1.29, 1.82) is 0 Å². The van der Waals surface area contributed by atoms with E-state index in [0.29, 0.717) is 11.5 Å². The number of hydrogen-bond donors (Lipinski definition) is 1. The molecule has 1 nitrogen and oxygen atoms in total. The van der Waals surface area contributed by atoms with Crippen molar-refractivity contribution in [3.05, 3.63) is 34.9 Å². The van der Waals surface area contributed by atoms with Crippen LogP contribution < -0.4 is 5.32 Å². The highest BCUT2D eigenvalue weighted by Crippen LogP contribution is 2.28. The van der Waals surface area contributed by atoms with Gasteiger partial charge in [-0.25, -0.2) is 0 Å². The lowest BCUT2D eigenvalue weighted by atomic mass is 9.87. The minimum Gasteiger partial charge on any atom is -0.310 e. The smallest absolute Gasteiger partial charge is 0.0406 e. The highest BCUT2D eigenvalue weighted by molar-refractivity contribution is 6.30. The molecule has 1 atom stereocenters. The Labute approximate surface area is 117 Å². The van der Waals surface area contributed by atoms with Crippen molar-refractivity contribution in [2.75, 3.05) is 6.54 Å². The molecule has 0 fully saturated rings. The van der Waals surface area contributed by atoms with Gasteiger partial charge in [-0.3, -0.25) is 0 Å². The van der Waals surface area contributed by atoms with E-state index in [1.165, 1.54) is 24.8 Å². The summed E-state index contributed by atoms with van der Waals surface area (Å²) >= 11 is 5.95. The van der Waals surface area contributed by atoms with Crippen LogP contribution >= 0.6 is 11.6 Å². The molecule has 0 amide bonds.